The SMILES string of the molecule is BrCC1CCCN1Cc1cccnc1. The molecule has 0 amide bonds. The molecular weight excluding hydrogens is 240 g/mol. The normalized spacial score (nSPS) is 22.8. The first-order chi connectivity index (χ1) is 6.90. The van der Waals surface area contributed by atoms with Crippen LogP contribution in [0.15, 0.2) is 24.5 Å². The highest BCUT2D eigenvalue weighted by atomic mass is 79.9. The minimum atomic E-state index is 0.718. The van der Waals surface area contributed by atoms with Crippen molar-refractivity contribution in [1.82, 2.24) is 9.88 Å². The monoisotopic (exact) mass is 254 g/mol. The molecule has 1 fully saturated rings. The van der Waals surface area contributed by atoms with E-state index in [2.05, 4.69) is 31.9 Å². The second-order valence-corrected chi connectivity index (χ2v) is 4.43. The van der Waals surface area contributed by atoms with E-state index in [-0.39, 0.29) is 0 Å². The number of pyridine rings is 1. The van der Waals surface area contributed by atoms with Crippen LogP contribution in [-0.4, -0.2) is 27.8 Å². The summed E-state index contributed by atoms with van der Waals surface area (Å²) in [4.78, 5) is 6.67. The summed E-state index contributed by atoms with van der Waals surface area (Å²) in [6.45, 7) is 2.27. The molecule has 14 heavy (non-hydrogen) atoms. The van der Waals surface area contributed by atoms with Crippen molar-refractivity contribution in [3.63, 3.8) is 0 Å². The smallest absolute Gasteiger partial charge is 0.0312 e. The molecule has 0 aromatic carbocycles. The Balaban J connectivity index is 1.97. The molecule has 1 aliphatic heterocycles. The third-order valence-corrected chi connectivity index (χ3v) is 3.53. The molecule has 0 aliphatic carbocycles. The van der Waals surface area contributed by atoms with Crippen molar-refractivity contribution in [3.05, 3.63) is 30.1 Å². The van der Waals surface area contributed by atoms with E-state index >= 15 is 0 Å². The lowest BCUT2D eigenvalue weighted by Crippen LogP contribution is -2.29. The minimum Gasteiger partial charge on any atom is -0.295 e. The van der Waals surface area contributed by atoms with Gasteiger partial charge in [-0.1, -0.05) is 22.0 Å². The Labute approximate surface area is 93.5 Å². The number of nitrogens with zero attached hydrogens (tertiary/aromatic N) is 2. The number of hydrogen-bond acceptors (Lipinski definition) is 2. The van der Waals surface area contributed by atoms with Crippen LogP contribution in [-0.2, 0) is 6.54 Å². The maximum atomic E-state index is 4.14. The molecule has 0 N–H and O–H groups in total. The molecule has 1 aromatic heterocycles. The van der Waals surface area contributed by atoms with Crippen molar-refractivity contribution in [2.75, 3.05) is 11.9 Å². The Morgan fingerprint density at radius 3 is 3.21 bits per heavy atom. The zero-order chi connectivity index (χ0) is 9.80. The van der Waals surface area contributed by atoms with E-state index in [1.807, 2.05) is 18.5 Å². The van der Waals surface area contributed by atoms with Crippen LogP contribution in [0.1, 0.15) is 18.4 Å². The molecule has 0 saturated carbocycles. The highest BCUT2D eigenvalue weighted by Crippen LogP contribution is 2.20. The summed E-state index contributed by atoms with van der Waals surface area (Å²) in [6.07, 6.45) is 6.45. The first-order valence-corrected chi connectivity index (χ1v) is 6.21. The summed E-state index contributed by atoms with van der Waals surface area (Å²) in [5.74, 6) is 0. The molecule has 2 heterocycles. The zero-order valence-corrected chi connectivity index (χ0v) is 9.78. The van der Waals surface area contributed by atoms with Gasteiger partial charge in [-0.15, -0.1) is 0 Å². The van der Waals surface area contributed by atoms with Crippen LogP contribution in [0.3, 0.4) is 0 Å². The Hall–Kier alpha value is -0.410. The lowest BCUT2D eigenvalue weighted by molar-refractivity contribution is 0.264. The van der Waals surface area contributed by atoms with Crippen LogP contribution in [0.25, 0.3) is 0 Å². The van der Waals surface area contributed by atoms with Gasteiger partial charge in [0.05, 0.1) is 0 Å². The van der Waals surface area contributed by atoms with Gasteiger partial charge < -0.3 is 0 Å². The third kappa shape index (κ3) is 2.34. The Bertz CT molecular complexity index is 276. The quantitative estimate of drug-likeness (QED) is 0.771. The van der Waals surface area contributed by atoms with Crippen molar-refractivity contribution < 1.29 is 0 Å². The van der Waals surface area contributed by atoms with Gasteiger partial charge in [-0.05, 0) is 31.0 Å². The zero-order valence-electron chi connectivity index (χ0n) is 8.19. The van der Waals surface area contributed by atoms with Gasteiger partial charge in [0.25, 0.3) is 0 Å². The lowest BCUT2D eigenvalue weighted by atomic mass is 10.2. The fourth-order valence-electron chi connectivity index (χ4n) is 2.00. The number of hydrogen-bond donors (Lipinski definition) is 0. The maximum absolute atomic E-state index is 4.14. The highest BCUT2D eigenvalue weighted by Gasteiger charge is 2.22. The molecule has 1 atom stereocenters. The van der Waals surface area contributed by atoms with Gasteiger partial charge >= 0.3 is 0 Å². The summed E-state index contributed by atoms with van der Waals surface area (Å²) in [5.41, 5.74) is 1.32. The van der Waals surface area contributed by atoms with Crippen molar-refractivity contribution in [1.29, 1.82) is 0 Å². The molecule has 0 bridgehead atoms. The van der Waals surface area contributed by atoms with E-state index in [0.29, 0.717) is 0 Å². The first-order valence-electron chi connectivity index (χ1n) is 5.09. The predicted octanol–water partition coefficient (Wildman–Crippen LogP) is 2.44. The van der Waals surface area contributed by atoms with Crippen molar-refractivity contribution in [3.8, 4) is 0 Å². The lowest BCUT2D eigenvalue weighted by Gasteiger charge is -2.22. The maximum Gasteiger partial charge on any atom is 0.0312 e. The summed E-state index contributed by atoms with van der Waals surface area (Å²) in [6, 6.07) is 4.88. The van der Waals surface area contributed by atoms with Gasteiger partial charge in [0.15, 0.2) is 0 Å². The number of rotatable bonds is 3. The summed E-state index contributed by atoms with van der Waals surface area (Å²) < 4.78 is 0. The van der Waals surface area contributed by atoms with E-state index < -0.39 is 0 Å². The van der Waals surface area contributed by atoms with Gasteiger partial charge in [0, 0.05) is 30.3 Å². The van der Waals surface area contributed by atoms with Crippen LogP contribution < -0.4 is 0 Å². The Morgan fingerprint density at radius 2 is 2.50 bits per heavy atom. The van der Waals surface area contributed by atoms with Gasteiger partial charge in [0.2, 0.25) is 0 Å². The van der Waals surface area contributed by atoms with E-state index in [1.54, 1.807) is 0 Å². The van der Waals surface area contributed by atoms with Crippen LogP contribution in [0.5, 0.6) is 0 Å². The van der Waals surface area contributed by atoms with Gasteiger partial charge in [-0.3, -0.25) is 9.88 Å². The molecule has 76 valence electrons. The number of likely N-dealkylation sites (tertiary alicyclic amines) is 1. The number of alkyl halides is 1. The first kappa shape index (κ1) is 10.1. The largest absolute Gasteiger partial charge is 0.295 e. The van der Waals surface area contributed by atoms with Crippen LogP contribution in [0.4, 0.5) is 0 Å². The Kier molecular flexibility index (Phi) is 3.54. The molecule has 1 aliphatic rings. The van der Waals surface area contributed by atoms with E-state index in [4.69, 9.17) is 0 Å². The Morgan fingerprint density at radius 1 is 1.57 bits per heavy atom. The average Bonchev–Trinajstić information content (AvgIpc) is 2.67. The molecule has 0 radical (unpaired) electrons. The molecule has 1 unspecified atom stereocenters. The van der Waals surface area contributed by atoms with Crippen molar-refractivity contribution in [2.45, 2.75) is 25.4 Å². The van der Waals surface area contributed by atoms with Gasteiger partial charge in [-0.25, -0.2) is 0 Å². The minimum absolute atomic E-state index is 0.718. The number of aromatic nitrogens is 1. The van der Waals surface area contributed by atoms with Crippen LogP contribution in [0, 0.1) is 0 Å². The summed E-state index contributed by atoms with van der Waals surface area (Å²) in [7, 11) is 0. The second kappa shape index (κ2) is 4.89. The van der Waals surface area contributed by atoms with Crippen molar-refractivity contribution in [2.24, 2.45) is 0 Å². The summed E-state index contributed by atoms with van der Waals surface area (Å²) in [5, 5.41) is 1.09. The van der Waals surface area contributed by atoms with E-state index in [1.165, 1.54) is 24.9 Å². The topological polar surface area (TPSA) is 16.1 Å². The molecule has 1 saturated heterocycles. The van der Waals surface area contributed by atoms with Gasteiger partial charge in [0.1, 0.15) is 0 Å². The van der Waals surface area contributed by atoms with Gasteiger partial charge in [-0.2, -0.15) is 0 Å². The van der Waals surface area contributed by atoms with E-state index in [0.717, 1.165) is 17.9 Å². The van der Waals surface area contributed by atoms with Crippen molar-refractivity contribution >= 4 is 15.9 Å². The highest BCUT2D eigenvalue weighted by molar-refractivity contribution is 9.09. The standard InChI is InChI=1S/C11H15BrN2/c12-7-11-4-2-6-14(11)9-10-3-1-5-13-8-10/h1,3,5,8,11H,2,4,6-7,9H2. The predicted molar refractivity (Wildman–Crippen MR) is 61.5 cm³/mol. The third-order valence-electron chi connectivity index (χ3n) is 2.79. The fourth-order valence-corrected chi connectivity index (χ4v) is 2.74. The number of halogens is 1. The molecule has 2 nitrogen and oxygen atoms in total. The second-order valence-electron chi connectivity index (χ2n) is 3.78. The molecule has 1 aromatic rings. The van der Waals surface area contributed by atoms with Crippen LogP contribution >= 0.6 is 15.9 Å². The van der Waals surface area contributed by atoms with Crippen LogP contribution in [0.2, 0.25) is 0 Å². The average molecular weight is 255 g/mol. The fraction of sp³-hybridized carbons (Fsp3) is 0.545. The molecule has 2 rings (SSSR count). The summed E-state index contributed by atoms with van der Waals surface area (Å²) >= 11 is 3.57. The molecule has 3 heteroatoms. The molecular formula is C11H15BrN2. The van der Waals surface area contributed by atoms with E-state index in [9.17, 15) is 0 Å². The molecule has 0 spiro atoms.